The number of rotatable bonds is 4. The number of nitrogens with zero attached hydrogens (tertiary/aromatic N) is 4. The van der Waals surface area contributed by atoms with Gasteiger partial charge in [-0.1, -0.05) is 28.9 Å². The molecule has 1 aromatic heterocycles. The lowest BCUT2D eigenvalue weighted by Gasteiger charge is -2.08. The molecule has 8 nitrogen and oxygen atoms in total. The third-order valence-electron chi connectivity index (χ3n) is 3.75. The summed E-state index contributed by atoms with van der Waals surface area (Å²) in [5, 5.41) is 25.4. The lowest BCUT2D eigenvalue weighted by molar-refractivity contribution is -0.385. The number of nitro groups is 1. The Morgan fingerprint density at radius 1 is 1.38 bits per heavy atom. The van der Waals surface area contributed by atoms with Crippen LogP contribution in [0.4, 0.5) is 5.69 Å². The van der Waals surface area contributed by atoms with Crippen molar-refractivity contribution in [3.63, 3.8) is 0 Å². The molecule has 1 heterocycles. The maximum absolute atomic E-state index is 12.8. The number of nitro benzene ring substituents is 1. The standard InChI is InChI=1S/C17H13BrN4O4/c1-2-15-20-13-7-6-11(18)8-12(13)17(24)21(15)19-9-10-4-3-5-14(16(10)23)22(25)26/h3-9,23H,2H2,1H3. The number of aromatic hydroxyl groups is 1. The van der Waals surface area contributed by atoms with E-state index in [-0.39, 0.29) is 11.1 Å². The normalized spacial score (nSPS) is 11.3. The highest BCUT2D eigenvalue weighted by Gasteiger charge is 2.15. The number of aryl methyl sites for hydroxylation is 1. The molecule has 0 amide bonds. The van der Waals surface area contributed by atoms with Crippen LogP contribution in [0.3, 0.4) is 0 Å². The Morgan fingerprint density at radius 3 is 2.85 bits per heavy atom. The van der Waals surface area contributed by atoms with E-state index < -0.39 is 16.4 Å². The molecule has 0 spiro atoms. The molecule has 0 radical (unpaired) electrons. The molecule has 9 heteroatoms. The zero-order valence-corrected chi connectivity index (χ0v) is 15.2. The van der Waals surface area contributed by atoms with Crippen LogP contribution < -0.4 is 5.56 Å². The van der Waals surface area contributed by atoms with Gasteiger partial charge in [0, 0.05) is 22.5 Å². The van der Waals surface area contributed by atoms with Gasteiger partial charge >= 0.3 is 5.69 Å². The van der Waals surface area contributed by atoms with Crippen molar-refractivity contribution < 1.29 is 10.0 Å². The van der Waals surface area contributed by atoms with Gasteiger partial charge in [-0.3, -0.25) is 14.9 Å². The molecule has 132 valence electrons. The lowest BCUT2D eigenvalue weighted by atomic mass is 10.2. The fourth-order valence-electron chi connectivity index (χ4n) is 2.46. The summed E-state index contributed by atoms with van der Waals surface area (Å²) in [7, 11) is 0. The summed E-state index contributed by atoms with van der Waals surface area (Å²) in [6.07, 6.45) is 1.66. The summed E-state index contributed by atoms with van der Waals surface area (Å²) in [5.74, 6) is -0.0742. The summed E-state index contributed by atoms with van der Waals surface area (Å²) < 4.78 is 1.87. The predicted molar refractivity (Wildman–Crippen MR) is 101 cm³/mol. The molecule has 26 heavy (non-hydrogen) atoms. The Bertz CT molecular complexity index is 1110. The Morgan fingerprint density at radius 2 is 2.15 bits per heavy atom. The van der Waals surface area contributed by atoms with Crippen LogP contribution in [0.2, 0.25) is 0 Å². The van der Waals surface area contributed by atoms with E-state index in [0.717, 1.165) is 9.15 Å². The maximum Gasteiger partial charge on any atom is 0.311 e. The molecule has 3 aromatic rings. The molecule has 0 aliphatic heterocycles. The van der Waals surface area contributed by atoms with Crippen LogP contribution in [0.15, 0.2) is 50.8 Å². The molecule has 0 saturated heterocycles. The molecule has 0 unspecified atom stereocenters. The Kier molecular flexibility index (Phi) is 4.81. The van der Waals surface area contributed by atoms with E-state index in [1.165, 1.54) is 24.4 Å². The van der Waals surface area contributed by atoms with Crippen molar-refractivity contribution in [3.8, 4) is 5.75 Å². The van der Waals surface area contributed by atoms with Crippen LogP contribution in [0, 0.1) is 10.1 Å². The Balaban J connectivity index is 2.16. The quantitative estimate of drug-likeness (QED) is 0.398. The van der Waals surface area contributed by atoms with Crippen LogP contribution in [0.25, 0.3) is 10.9 Å². The summed E-state index contributed by atoms with van der Waals surface area (Å²) >= 11 is 3.32. The first-order valence-electron chi connectivity index (χ1n) is 7.64. The number of fused-ring (bicyclic) bond motifs is 1. The second kappa shape index (κ2) is 7.04. The molecule has 0 bridgehead atoms. The Hall–Kier alpha value is -3.07. The number of hydrogen-bond donors (Lipinski definition) is 1. The minimum absolute atomic E-state index is 0.127. The number of halogens is 1. The van der Waals surface area contributed by atoms with Gasteiger partial charge in [-0.2, -0.15) is 9.78 Å². The Labute approximate surface area is 155 Å². The van der Waals surface area contributed by atoms with Crippen molar-refractivity contribution in [3.05, 3.63) is 72.7 Å². The van der Waals surface area contributed by atoms with Crippen LogP contribution in [-0.4, -0.2) is 25.9 Å². The first kappa shape index (κ1) is 17.7. The van der Waals surface area contributed by atoms with Crippen LogP contribution in [-0.2, 0) is 6.42 Å². The zero-order valence-electron chi connectivity index (χ0n) is 13.6. The van der Waals surface area contributed by atoms with Crippen molar-refractivity contribution in [2.45, 2.75) is 13.3 Å². The van der Waals surface area contributed by atoms with Gasteiger partial charge in [0.2, 0.25) is 5.75 Å². The fraction of sp³-hybridized carbons (Fsp3) is 0.118. The summed E-state index contributed by atoms with van der Waals surface area (Å²) in [5.41, 5.74) is -0.117. The minimum Gasteiger partial charge on any atom is -0.502 e. The van der Waals surface area contributed by atoms with Gasteiger partial charge in [-0.15, -0.1) is 0 Å². The van der Waals surface area contributed by atoms with E-state index >= 15 is 0 Å². The van der Waals surface area contributed by atoms with E-state index in [1.807, 2.05) is 6.92 Å². The predicted octanol–water partition coefficient (Wildman–Crippen LogP) is 3.22. The number of phenolic OH excluding ortho intramolecular Hbond substituents is 1. The molecule has 0 aliphatic rings. The van der Waals surface area contributed by atoms with E-state index in [0.29, 0.717) is 23.1 Å². The number of aromatic nitrogens is 2. The molecule has 0 atom stereocenters. The molecular formula is C17H13BrN4O4. The monoisotopic (exact) mass is 416 g/mol. The van der Waals surface area contributed by atoms with E-state index in [1.54, 1.807) is 18.2 Å². The third-order valence-corrected chi connectivity index (χ3v) is 4.24. The zero-order chi connectivity index (χ0) is 18.8. The highest BCUT2D eigenvalue weighted by Crippen LogP contribution is 2.28. The van der Waals surface area contributed by atoms with Gasteiger partial charge in [0.15, 0.2) is 0 Å². The second-order valence-electron chi connectivity index (χ2n) is 5.38. The van der Waals surface area contributed by atoms with Gasteiger partial charge in [0.05, 0.1) is 22.0 Å². The van der Waals surface area contributed by atoms with Crippen molar-refractivity contribution in [2.75, 3.05) is 0 Å². The number of para-hydroxylation sites is 1. The molecular weight excluding hydrogens is 404 g/mol. The van der Waals surface area contributed by atoms with Crippen molar-refractivity contribution in [1.82, 2.24) is 9.66 Å². The van der Waals surface area contributed by atoms with E-state index in [9.17, 15) is 20.0 Å². The van der Waals surface area contributed by atoms with Gasteiger partial charge in [0.1, 0.15) is 5.82 Å². The number of phenols is 1. The molecule has 1 N–H and O–H groups in total. The van der Waals surface area contributed by atoms with Crippen molar-refractivity contribution in [2.24, 2.45) is 5.10 Å². The summed E-state index contributed by atoms with van der Waals surface area (Å²) in [6, 6.07) is 9.27. The maximum atomic E-state index is 12.8. The third kappa shape index (κ3) is 3.21. The fourth-order valence-corrected chi connectivity index (χ4v) is 2.82. The summed E-state index contributed by atoms with van der Waals surface area (Å²) in [6.45, 7) is 1.84. The average Bonchev–Trinajstić information content (AvgIpc) is 2.62. The molecule has 3 rings (SSSR count). The SMILES string of the molecule is CCc1nc2ccc(Br)cc2c(=O)n1N=Cc1cccc([N+](=O)[O-])c1O. The largest absolute Gasteiger partial charge is 0.502 e. The van der Waals surface area contributed by atoms with E-state index in [4.69, 9.17) is 0 Å². The van der Waals surface area contributed by atoms with Crippen molar-refractivity contribution >= 4 is 38.7 Å². The molecule has 0 aliphatic carbocycles. The average molecular weight is 417 g/mol. The highest BCUT2D eigenvalue weighted by atomic mass is 79.9. The highest BCUT2D eigenvalue weighted by molar-refractivity contribution is 9.10. The first-order chi connectivity index (χ1) is 12.4. The van der Waals surface area contributed by atoms with E-state index in [2.05, 4.69) is 26.0 Å². The topological polar surface area (TPSA) is 111 Å². The minimum atomic E-state index is -0.689. The van der Waals surface area contributed by atoms with Crippen LogP contribution >= 0.6 is 15.9 Å². The van der Waals surface area contributed by atoms with Crippen LogP contribution in [0.1, 0.15) is 18.3 Å². The second-order valence-corrected chi connectivity index (χ2v) is 6.29. The lowest BCUT2D eigenvalue weighted by Crippen LogP contribution is -2.22. The van der Waals surface area contributed by atoms with Gasteiger partial charge in [0.25, 0.3) is 5.56 Å². The van der Waals surface area contributed by atoms with Gasteiger partial charge < -0.3 is 5.11 Å². The van der Waals surface area contributed by atoms with Crippen molar-refractivity contribution in [1.29, 1.82) is 0 Å². The molecule has 0 fully saturated rings. The summed E-state index contributed by atoms with van der Waals surface area (Å²) in [4.78, 5) is 27.4. The molecule has 0 saturated carbocycles. The number of benzene rings is 2. The molecule has 2 aromatic carbocycles. The number of hydrogen-bond acceptors (Lipinski definition) is 6. The van der Waals surface area contributed by atoms with Gasteiger partial charge in [-0.25, -0.2) is 4.98 Å². The smallest absolute Gasteiger partial charge is 0.311 e. The first-order valence-corrected chi connectivity index (χ1v) is 8.43. The van der Waals surface area contributed by atoms with Gasteiger partial charge in [-0.05, 0) is 24.3 Å². The van der Waals surface area contributed by atoms with Crippen LogP contribution in [0.5, 0.6) is 5.75 Å².